The number of carbonyl (C=O) groups excluding carboxylic acids is 2. The number of piperidine rings is 2. The molecule has 1 aromatic carbocycles. The minimum Gasteiger partial charge on any atom is -0.371 e. The molecule has 2 fully saturated rings. The summed E-state index contributed by atoms with van der Waals surface area (Å²) in [5, 5.41) is 3.01. The lowest BCUT2D eigenvalue weighted by molar-refractivity contribution is -0.116. The summed E-state index contributed by atoms with van der Waals surface area (Å²) in [5.74, 6) is 0.836. The number of carbonyl (C=O) groups is 2. The number of hydrogen-bond acceptors (Lipinski definition) is 3. The van der Waals surface area contributed by atoms with Gasteiger partial charge in [0, 0.05) is 44.0 Å². The van der Waals surface area contributed by atoms with E-state index in [0.29, 0.717) is 12.3 Å². The number of rotatable bonds is 7. The lowest BCUT2D eigenvalue weighted by atomic mass is 9.98. The highest BCUT2D eigenvalue weighted by molar-refractivity contribution is 6.02. The van der Waals surface area contributed by atoms with E-state index in [1.807, 2.05) is 23.1 Å². The first kappa shape index (κ1) is 21.7. The van der Waals surface area contributed by atoms with E-state index in [9.17, 15) is 9.59 Å². The van der Waals surface area contributed by atoms with E-state index >= 15 is 0 Å². The zero-order chi connectivity index (χ0) is 20.6. The van der Waals surface area contributed by atoms with Crippen molar-refractivity contribution in [2.24, 2.45) is 5.92 Å². The number of amides is 2. The monoisotopic (exact) mass is 399 g/mol. The van der Waals surface area contributed by atoms with Crippen LogP contribution in [0.5, 0.6) is 0 Å². The Morgan fingerprint density at radius 3 is 2.45 bits per heavy atom. The highest BCUT2D eigenvalue weighted by Gasteiger charge is 2.26. The van der Waals surface area contributed by atoms with Gasteiger partial charge in [-0.05, 0) is 62.6 Å². The van der Waals surface area contributed by atoms with Crippen LogP contribution in [0.15, 0.2) is 18.2 Å². The van der Waals surface area contributed by atoms with Gasteiger partial charge in [-0.3, -0.25) is 9.59 Å². The summed E-state index contributed by atoms with van der Waals surface area (Å²) in [4.78, 5) is 30.0. The van der Waals surface area contributed by atoms with Gasteiger partial charge in [-0.15, -0.1) is 0 Å². The maximum Gasteiger partial charge on any atom is 0.256 e. The van der Waals surface area contributed by atoms with E-state index in [2.05, 4.69) is 24.1 Å². The number of anilines is 2. The van der Waals surface area contributed by atoms with Gasteiger partial charge in [0.05, 0.1) is 5.56 Å². The van der Waals surface area contributed by atoms with Gasteiger partial charge in [-0.2, -0.15) is 0 Å². The van der Waals surface area contributed by atoms with Gasteiger partial charge in [0.15, 0.2) is 0 Å². The molecule has 0 aromatic heterocycles. The average Bonchev–Trinajstić information content (AvgIpc) is 2.74. The minimum absolute atomic E-state index is 0.0365. The van der Waals surface area contributed by atoms with Crippen molar-refractivity contribution in [3.8, 4) is 0 Å². The Bertz CT molecular complexity index is 689. The molecule has 29 heavy (non-hydrogen) atoms. The molecule has 2 aliphatic heterocycles. The zero-order valence-corrected chi connectivity index (χ0v) is 18.2. The smallest absolute Gasteiger partial charge is 0.256 e. The topological polar surface area (TPSA) is 52.7 Å². The average molecular weight is 400 g/mol. The summed E-state index contributed by atoms with van der Waals surface area (Å²) in [5.41, 5.74) is 2.51. The molecule has 1 N–H and O–H groups in total. The number of nitrogens with zero attached hydrogens (tertiary/aromatic N) is 2. The third-order valence-electron chi connectivity index (χ3n) is 6.29. The fraction of sp³-hybridized carbons (Fsp3) is 0.667. The Balaban J connectivity index is 1.79. The summed E-state index contributed by atoms with van der Waals surface area (Å²) >= 11 is 0. The van der Waals surface area contributed by atoms with Crippen LogP contribution in [0, 0.1) is 5.92 Å². The second kappa shape index (κ2) is 10.7. The fourth-order valence-corrected chi connectivity index (χ4v) is 4.34. The summed E-state index contributed by atoms with van der Waals surface area (Å²) in [6, 6.07) is 5.89. The normalized spacial score (nSPS) is 18.0. The Kier molecular flexibility index (Phi) is 7.96. The van der Waals surface area contributed by atoms with Crippen LogP contribution in [0.4, 0.5) is 11.4 Å². The number of hydrogen-bond donors (Lipinski definition) is 1. The molecule has 0 atom stereocenters. The van der Waals surface area contributed by atoms with Crippen LogP contribution in [-0.4, -0.2) is 42.9 Å². The highest BCUT2D eigenvalue weighted by atomic mass is 16.2. The van der Waals surface area contributed by atoms with E-state index in [1.165, 1.54) is 19.3 Å². The van der Waals surface area contributed by atoms with Crippen molar-refractivity contribution >= 4 is 23.2 Å². The van der Waals surface area contributed by atoms with Crippen molar-refractivity contribution in [2.45, 2.75) is 71.6 Å². The highest BCUT2D eigenvalue weighted by Crippen LogP contribution is 2.29. The maximum absolute atomic E-state index is 13.4. The molecular weight excluding hydrogens is 362 g/mol. The van der Waals surface area contributed by atoms with Gasteiger partial charge in [-0.25, -0.2) is 0 Å². The molecule has 0 aliphatic carbocycles. The molecule has 2 saturated heterocycles. The SMILES string of the molecule is CCCCCC(=O)Nc1ccc(N2CCCCC2)c(C(=O)N2CCC(C)CC2)c1. The predicted octanol–water partition coefficient (Wildman–Crippen LogP) is 5.07. The lowest BCUT2D eigenvalue weighted by Gasteiger charge is -2.34. The minimum atomic E-state index is 0.0365. The molecular formula is C24H37N3O2. The van der Waals surface area contributed by atoms with Crippen molar-refractivity contribution in [3.05, 3.63) is 23.8 Å². The van der Waals surface area contributed by atoms with Crippen LogP contribution in [0.2, 0.25) is 0 Å². The molecule has 2 amide bonds. The summed E-state index contributed by atoms with van der Waals surface area (Å²) < 4.78 is 0. The largest absolute Gasteiger partial charge is 0.371 e. The molecule has 0 spiro atoms. The molecule has 5 nitrogen and oxygen atoms in total. The van der Waals surface area contributed by atoms with Crippen molar-refractivity contribution in [1.82, 2.24) is 4.90 Å². The van der Waals surface area contributed by atoms with E-state index in [4.69, 9.17) is 0 Å². The summed E-state index contributed by atoms with van der Waals surface area (Å²) in [7, 11) is 0. The van der Waals surface area contributed by atoms with E-state index in [1.54, 1.807) is 0 Å². The molecule has 0 bridgehead atoms. The molecule has 0 radical (unpaired) electrons. The zero-order valence-electron chi connectivity index (χ0n) is 18.2. The van der Waals surface area contributed by atoms with Gasteiger partial charge in [0.2, 0.25) is 5.91 Å². The van der Waals surface area contributed by atoms with Gasteiger partial charge in [-0.1, -0.05) is 26.7 Å². The van der Waals surface area contributed by atoms with Crippen LogP contribution in [0.1, 0.15) is 82.0 Å². The second-order valence-corrected chi connectivity index (χ2v) is 8.76. The number of likely N-dealkylation sites (tertiary alicyclic amines) is 1. The predicted molar refractivity (Wildman–Crippen MR) is 120 cm³/mol. The van der Waals surface area contributed by atoms with Gasteiger partial charge >= 0.3 is 0 Å². The standard InChI is InChI=1S/C24H37N3O2/c1-3-4-6-9-23(28)25-20-10-11-22(26-14-7-5-8-15-26)21(18-20)24(29)27-16-12-19(2)13-17-27/h10-11,18-19H,3-9,12-17H2,1-2H3,(H,25,28). The molecule has 2 aliphatic rings. The van der Waals surface area contributed by atoms with Crippen LogP contribution < -0.4 is 10.2 Å². The number of benzene rings is 1. The van der Waals surface area contributed by atoms with Crippen molar-refractivity contribution in [1.29, 1.82) is 0 Å². The molecule has 160 valence electrons. The van der Waals surface area contributed by atoms with Gasteiger partial charge in [0.25, 0.3) is 5.91 Å². The molecule has 3 rings (SSSR count). The number of unbranched alkanes of at least 4 members (excludes halogenated alkanes) is 2. The van der Waals surface area contributed by atoms with E-state index in [-0.39, 0.29) is 11.8 Å². The first-order chi connectivity index (χ1) is 14.1. The maximum atomic E-state index is 13.4. The van der Waals surface area contributed by atoms with Gasteiger partial charge < -0.3 is 15.1 Å². The summed E-state index contributed by atoms with van der Waals surface area (Å²) in [6.45, 7) is 8.05. The van der Waals surface area contributed by atoms with Gasteiger partial charge in [0.1, 0.15) is 0 Å². The third kappa shape index (κ3) is 5.97. The van der Waals surface area contributed by atoms with Crippen LogP contribution >= 0.6 is 0 Å². The Morgan fingerprint density at radius 1 is 1.03 bits per heavy atom. The molecule has 5 heteroatoms. The lowest BCUT2D eigenvalue weighted by Crippen LogP contribution is -2.39. The molecule has 1 aromatic rings. The first-order valence-electron chi connectivity index (χ1n) is 11.6. The van der Waals surface area contributed by atoms with Crippen LogP contribution in [0.25, 0.3) is 0 Å². The summed E-state index contributed by atoms with van der Waals surface area (Å²) in [6.07, 6.45) is 9.35. The molecule has 0 saturated carbocycles. The van der Waals surface area contributed by atoms with Crippen molar-refractivity contribution in [3.63, 3.8) is 0 Å². The molecule has 2 heterocycles. The third-order valence-corrected chi connectivity index (χ3v) is 6.29. The molecule has 0 unspecified atom stereocenters. The van der Waals surface area contributed by atoms with E-state index < -0.39 is 0 Å². The van der Waals surface area contributed by atoms with Crippen LogP contribution in [-0.2, 0) is 4.79 Å². The Morgan fingerprint density at radius 2 is 1.76 bits per heavy atom. The van der Waals surface area contributed by atoms with E-state index in [0.717, 1.165) is 75.2 Å². The van der Waals surface area contributed by atoms with Crippen molar-refractivity contribution < 1.29 is 9.59 Å². The second-order valence-electron chi connectivity index (χ2n) is 8.76. The Labute approximate surface area is 175 Å². The first-order valence-corrected chi connectivity index (χ1v) is 11.6. The van der Waals surface area contributed by atoms with Crippen LogP contribution in [0.3, 0.4) is 0 Å². The van der Waals surface area contributed by atoms with Crippen molar-refractivity contribution in [2.75, 3.05) is 36.4 Å². The quantitative estimate of drug-likeness (QED) is 0.652. The number of nitrogens with one attached hydrogen (secondary N) is 1. The Hall–Kier alpha value is -2.04. The fourth-order valence-electron chi connectivity index (χ4n) is 4.34.